The van der Waals surface area contributed by atoms with Gasteiger partial charge >= 0.3 is 12.1 Å². The van der Waals surface area contributed by atoms with E-state index in [4.69, 9.17) is 4.74 Å². The maximum atomic E-state index is 12.9. The molecule has 2 aliphatic rings. The second-order valence-corrected chi connectivity index (χ2v) is 9.84. The number of carboxylic acids is 1. The first-order valence-electron chi connectivity index (χ1n) is 11.8. The van der Waals surface area contributed by atoms with Gasteiger partial charge in [-0.1, -0.05) is 60.7 Å². The molecule has 0 aliphatic heterocycles. The fourth-order valence-corrected chi connectivity index (χ4v) is 5.24. The van der Waals surface area contributed by atoms with Gasteiger partial charge in [-0.25, -0.2) is 4.79 Å². The zero-order valence-electron chi connectivity index (χ0n) is 19.6. The molecule has 0 bridgehead atoms. The summed E-state index contributed by atoms with van der Waals surface area (Å²) in [5, 5.41) is 14.9. The van der Waals surface area contributed by atoms with Crippen molar-refractivity contribution in [3.63, 3.8) is 0 Å². The van der Waals surface area contributed by atoms with E-state index in [0.29, 0.717) is 25.0 Å². The van der Waals surface area contributed by atoms with E-state index >= 15 is 0 Å². The van der Waals surface area contributed by atoms with Gasteiger partial charge in [-0.05, 0) is 53.5 Å². The van der Waals surface area contributed by atoms with E-state index in [1.54, 1.807) is 17.8 Å². The van der Waals surface area contributed by atoms with Crippen LogP contribution in [0.25, 0.3) is 11.1 Å². The molecule has 8 heteroatoms. The summed E-state index contributed by atoms with van der Waals surface area (Å²) in [5.74, 6) is -1.12. The van der Waals surface area contributed by atoms with Gasteiger partial charge in [0, 0.05) is 12.0 Å². The number of ether oxygens (including phenoxy) is 1. The highest BCUT2D eigenvalue weighted by Crippen LogP contribution is 2.44. The van der Waals surface area contributed by atoms with Crippen LogP contribution in [0.5, 0.6) is 0 Å². The maximum Gasteiger partial charge on any atom is 0.407 e. The fourth-order valence-electron chi connectivity index (χ4n) is 4.77. The predicted molar refractivity (Wildman–Crippen MR) is 136 cm³/mol. The highest BCUT2D eigenvalue weighted by Gasteiger charge is 2.31. The molecule has 2 amide bonds. The zero-order chi connectivity index (χ0) is 24.8. The Morgan fingerprint density at radius 2 is 1.74 bits per heavy atom. The minimum absolute atomic E-state index is 0.0630. The number of carbonyl (C=O) groups is 3. The molecule has 0 saturated carbocycles. The highest BCUT2D eigenvalue weighted by atomic mass is 32.2. The van der Waals surface area contributed by atoms with Gasteiger partial charge in [0.1, 0.15) is 12.6 Å². The molecular formula is C27H30N2O5S. The molecule has 0 unspecified atom stereocenters. The van der Waals surface area contributed by atoms with Crippen molar-refractivity contribution < 1.29 is 24.2 Å². The first-order valence-corrected chi connectivity index (χ1v) is 13.2. The van der Waals surface area contributed by atoms with E-state index in [2.05, 4.69) is 34.9 Å². The first kappa shape index (κ1) is 24.9. The molecule has 2 aliphatic carbocycles. The van der Waals surface area contributed by atoms with Gasteiger partial charge in [-0.15, -0.1) is 0 Å². The monoisotopic (exact) mass is 494 g/mol. The Morgan fingerprint density at radius 1 is 1.09 bits per heavy atom. The summed E-state index contributed by atoms with van der Waals surface area (Å²) < 4.78 is 5.61. The summed E-state index contributed by atoms with van der Waals surface area (Å²) >= 11 is 1.58. The van der Waals surface area contributed by atoms with Gasteiger partial charge in [-0.2, -0.15) is 11.8 Å². The van der Waals surface area contributed by atoms with Gasteiger partial charge in [0.2, 0.25) is 5.91 Å². The molecule has 35 heavy (non-hydrogen) atoms. The van der Waals surface area contributed by atoms with Gasteiger partial charge in [0.15, 0.2) is 0 Å². The van der Waals surface area contributed by atoms with Gasteiger partial charge in [0.25, 0.3) is 0 Å². The van der Waals surface area contributed by atoms with Crippen molar-refractivity contribution in [2.24, 2.45) is 5.92 Å². The van der Waals surface area contributed by atoms with Crippen molar-refractivity contribution >= 4 is 29.7 Å². The van der Waals surface area contributed by atoms with Crippen LogP contribution in [-0.2, 0) is 14.3 Å². The number of fused-ring (bicyclic) bond motifs is 3. The van der Waals surface area contributed by atoms with E-state index in [1.807, 2.05) is 36.6 Å². The number of benzene rings is 2. The van der Waals surface area contributed by atoms with E-state index in [-0.39, 0.29) is 24.5 Å². The topological polar surface area (TPSA) is 105 Å². The average Bonchev–Trinajstić information content (AvgIpc) is 3.19. The van der Waals surface area contributed by atoms with Crippen LogP contribution < -0.4 is 10.6 Å². The standard InChI is InChI=1S/C27H30N2O5S/c1-35-14-13-24(25(30)28-18-8-6-7-17(15-18)26(31)32)29-27(33)34-16-23-21-11-4-2-9-19(21)20-10-3-5-12-22(20)23/h2-6,8-12,17-18,23-24H,7,13-16H2,1H3,(H,28,30)(H,29,33)(H,31,32)/t17-,18-,24+/m1/s1. The third kappa shape index (κ3) is 5.88. The second kappa shape index (κ2) is 11.4. The van der Waals surface area contributed by atoms with Crippen LogP contribution in [0.15, 0.2) is 60.7 Å². The van der Waals surface area contributed by atoms with E-state index in [1.165, 1.54) is 0 Å². The van der Waals surface area contributed by atoms with Gasteiger partial charge in [-0.3, -0.25) is 9.59 Å². The number of carbonyl (C=O) groups excluding carboxylic acids is 2. The van der Waals surface area contributed by atoms with E-state index in [9.17, 15) is 19.5 Å². The molecule has 0 spiro atoms. The van der Waals surface area contributed by atoms with Crippen LogP contribution in [0.4, 0.5) is 4.79 Å². The van der Waals surface area contributed by atoms with Crippen LogP contribution >= 0.6 is 11.8 Å². The van der Waals surface area contributed by atoms with Crippen LogP contribution in [-0.4, -0.2) is 53.8 Å². The molecule has 0 saturated heterocycles. The third-order valence-electron chi connectivity index (χ3n) is 6.57. The molecule has 0 aromatic heterocycles. The molecule has 2 aromatic carbocycles. The smallest absolute Gasteiger partial charge is 0.407 e. The molecular weight excluding hydrogens is 464 g/mol. The summed E-state index contributed by atoms with van der Waals surface area (Å²) in [5.41, 5.74) is 4.54. The predicted octanol–water partition coefficient (Wildman–Crippen LogP) is 4.18. The molecule has 2 aromatic rings. The Balaban J connectivity index is 1.37. The molecule has 3 atom stereocenters. The molecule has 0 heterocycles. The number of aliphatic carboxylic acids is 1. The minimum atomic E-state index is -0.871. The Kier molecular flexibility index (Phi) is 8.13. The Labute approximate surface area is 209 Å². The lowest BCUT2D eigenvalue weighted by molar-refractivity contribution is -0.142. The van der Waals surface area contributed by atoms with Gasteiger partial charge in [0.05, 0.1) is 5.92 Å². The third-order valence-corrected chi connectivity index (χ3v) is 7.21. The number of nitrogens with one attached hydrogen (secondary N) is 2. The van der Waals surface area contributed by atoms with Crippen molar-refractivity contribution in [3.8, 4) is 11.1 Å². The molecule has 184 valence electrons. The minimum Gasteiger partial charge on any atom is -0.481 e. The van der Waals surface area contributed by atoms with Crippen molar-refractivity contribution in [2.45, 2.75) is 37.3 Å². The van der Waals surface area contributed by atoms with Crippen molar-refractivity contribution in [1.82, 2.24) is 10.6 Å². The fraction of sp³-hybridized carbons (Fsp3) is 0.370. The summed E-state index contributed by atoms with van der Waals surface area (Å²) in [6.07, 6.45) is 6.11. The summed E-state index contributed by atoms with van der Waals surface area (Å²) in [4.78, 5) is 37.0. The average molecular weight is 495 g/mol. The quantitative estimate of drug-likeness (QED) is 0.452. The van der Waals surface area contributed by atoms with Crippen molar-refractivity contribution in [1.29, 1.82) is 0 Å². The molecule has 0 fully saturated rings. The van der Waals surface area contributed by atoms with E-state index in [0.717, 1.165) is 22.3 Å². The maximum absolute atomic E-state index is 12.9. The SMILES string of the molecule is CSCC[C@H](NC(=O)OCC1c2ccccc2-c2ccccc21)C(=O)N[C@@H]1C=CC[C@@H](C(=O)O)C1. The summed E-state index contributed by atoms with van der Waals surface area (Å²) in [6.45, 7) is 0.169. The number of rotatable bonds is 9. The summed E-state index contributed by atoms with van der Waals surface area (Å²) in [7, 11) is 0. The second-order valence-electron chi connectivity index (χ2n) is 8.85. The number of amides is 2. The van der Waals surface area contributed by atoms with Crippen LogP contribution in [0.1, 0.15) is 36.3 Å². The number of allylic oxidation sites excluding steroid dienone is 1. The van der Waals surface area contributed by atoms with Crippen molar-refractivity contribution in [3.05, 3.63) is 71.8 Å². The number of alkyl carbamates (subject to hydrolysis) is 1. The number of carboxylic acid groups (broad SMARTS) is 1. The highest BCUT2D eigenvalue weighted by molar-refractivity contribution is 7.98. The first-order chi connectivity index (χ1) is 17.0. The Hall–Kier alpha value is -3.26. The van der Waals surface area contributed by atoms with Crippen molar-refractivity contribution in [2.75, 3.05) is 18.6 Å². The Bertz CT molecular complexity index is 1070. The summed E-state index contributed by atoms with van der Waals surface area (Å²) in [6, 6.07) is 15.1. The largest absolute Gasteiger partial charge is 0.481 e. The molecule has 4 rings (SSSR count). The van der Waals surface area contributed by atoms with Crippen LogP contribution in [0.3, 0.4) is 0 Å². The van der Waals surface area contributed by atoms with Crippen LogP contribution in [0.2, 0.25) is 0 Å². The number of hydrogen-bond acceptors (Lipinski definition) is 5. The zero-order valence-corrected chi connectivity index (χ0v) is 20.4. The van der Waals surface area contributed by atoms with Gasteiger partial charge < -0.3 is 20.5 Å². The molecule has 7 nitrogen and oxygen atoms in total. The lowest BCUT2D eigenvalue weighted by Gasteiger charge is -2.25. The Morgan fingerprint density at radius 3 is 2.37 bits per heavy atom. The molecule has 3 N–H and O–H groups in total. The molecule has 0 radical (unpaired) electrons. The lowest BCUT2D eigenvalue weighted by Crippen LogP contribution is -2.50. The number of hydrogen-bond donors (Lipinski definition) is 3. The van der Waals surface area contributed by atoms with E-state index < -0.39 is 24.0 Å². The number of thioether (sulfide) groups is 1. The normalized spacial score (nSPS) is 19.3. The lowest BCUT2D eigenvalue weighted by atomic mass is 9.91. The van der Waals surface area contributed by atoms with Crippen LogP contribution in [0, 0.1) is 5.92 Å².